The SMILES string of the molecule is O=C(Oc1ccccc1)C(=O)OC(F)C(F)F. The van der Waals surface area contributed by atoms with Crippen LogP contribution in [0.15, 0.2) is 30.3 Å². The molecule has 0 bridgehead atoms. The predicted molar refractivity (Wildman–Crippen MR) is 49.1 cm³/mol. The summed E-state index contributed by atoms with van der Waals surface area (Å²) >= 11 is 0. The van der Waals surface area contributed by atoms with Crippen LogP contribution in [0.5, 0.6) is 5.75 Å². The molecule has 0 N–H and O–H groups in total. The van der Waals surface area contributed by atoms with Gasteiger partial charge in [-0.25, -0.2) is 18.4 Å². The van der Waals surface area contributed by atoms with Gasteiger partial charge in [0.1, 0.15) is 5.75 Å². The Labute approximate surface area is 93.9 Å². The minimum atomic E-state index is -3.51. The number of para-hydroxylation sites is 1. The van der Waals surface area contributed by atoms with Crippen LogP contribution < -0.4 is 4.74 Å². The Hall–Kier alpha value is -2.05. The van der Waals surface area contributed by atoms with Gasteiger partial charge in [-0.15, -0.1) is 0 Å². The van der Waals surface area contributed by atoms with Crippen molar-refractivity contribution >= 4 is 11.9 Å². The maximum atomic E-state index is 12.3. The number of carbonyl (C=O) groups excluding carboxylic acids is 2. The lowest BCUT2D eigenvalue weighted by Crippen LogP contribution is -2.29. The molecule has 7 heteroatoms. The van der Waals surface area contributed by atoms with E-state index in [0.717, 1.165) is 0 Å². The summed E-state index contributed by atoms with van der Waals surface area (Å²) in [7, 11) is 0. The van der Waals surface area contributed by atoms with Crippen LogP contribution in [-0.2, 0) is 14.3 Å². The first-order valence-electron chi connectivity index (χ1n) is 4.40. The Kier molecular flexibility index (Phi) is 4.50. The minimum absolute atomic E-state index is 0.0157. The number of rotatable bonds is 3. The molecule has 0 radical (unpaired) electrons. The molecule has 0 fully saturated rings. The van der Waals surface area contributed by atoms with Crippen LogP contribution in [0.4, 0.5) is 13.2 Å². The first-order valence-corrected chi connectivity index (χ1v) is 4.40. The number of esters is 2. The van der Waals surface area contributed by atoms with Crippen molar-refractivity contribution in [2.75, 3.05) is 0 Å². The number of alkyl halides is 3. The van der Waals surface area contributed by atoms with E-state index in [1.807, 2.05) is 0 Å². The van der Waals surface area contributed by atoms with Gasteiger partial charge < -0.3 is 9.47 Å². The maximum Gasteiger partial charge on any atom is 0.422 e. The van der Waals surface area contributed by atoms with Crippen molar-refractivity contribution in [1.82, 2.24) is 0 Å². The van der Waals surface area contributed by atoms with E-state index in [9.17, 15) is 22.8 Å². The summed E-state index contributed by atoms with van der Waals surface area (Å²) in [6.07, 6.45) is -6.66. The Morgan fingerprint density at radius 2 is 1.59 bits per heavy atom. The quantitative estimate of drug-likeness (QED) is 0.464. The van der Waals surface area contributed by atoms with E-state index in [0.29, 0.717) is 0 Å². The van der Waals surface area contributed by atoms with E-state index in [1.165, 1.54) is 24.3 Å². The Bertz CT molecular complexity index is 394. The molecule has 1 aromatic carbocycles. The molecule has 0 aliphatic carbocycles. The standard InChI is InChI=1S/C10H7F3O4/c11-7(12)8(13)17-10(15)9(14)16-6-4-2-1-3-5-6/h1-5,7-8H. The zero-order valence-electron chi connectivity index (χ0n) is 8.31. The number of benzene rings is 1. The second-order valence-corrected chi connectivity index (χ2v) is 2.79. The summed E-state index contributed by atoms with van der Waals surface area (Å²) < 4.78 is 43.6. The highest BCUT2D eigenvalue weighted by molar-refractivity contribution is 6.30. The van der Waals surface area contributed by atoms with Crippen molar-refractivity contribution in [1.29, 1.82) is 0 Å². The summed E-state index contributed by atoms with van der Waals surface area (Å²) in [4.78, 5) is 21.8. The van der Waals surface area contributed by atoms with Crippen LogP contribution in [-0.4, -0.2) is 24.7 Å². The van der Waals surface area contributed by atoms with Gasteiger partial charge in [0.25, 0.3) is 0 Å². The number of hydrogen-bond donors (Lipinski definition) is 0. The zero-order valence-corrected chi connectivity index (χ0v) is 8.31. The third kappa shape index (κ3) is 4.13. The molecule has 92 valence electrons. The Balaban J connectivity index is 2.51. The summed E-state index contributed by atoms with van der Waals surface area (Å²) in [6, 6.07) is 7.37. The molecule has 0 aliphatic heterocycles. The third-order valence-electron chi connectivity index (χ3n) is 1.54. The molecule has 0 amide bonds. The average molecular weight is 248 g/mol. The first-order chi connectivity index (χ1) is 8.00. The number of carbonyl (C=O) groups is 2. The largest absolute Gasteiger partial charge is 0.422 e. The van der Waals surface area contributed by atoms with Gasteiger partial charge in [-0.1, -0.05) is 18.2 Å². The van der Waals surface area contributed by atoms with Crippen molar-refractivity contribution in [3.8, 4) is 5.75 Å². The average Bonchev–Trinajstić information content (AvgIpc) is 2.29. The van der Waals surface area contributed by atoms with E-state index >= 15 is 0 Å². The highest BCUT2D eigenvalue weighted by Crippen LogP contribution is 2.10. The van der Waals surface area contributed by atoms with Crippen molar-refractivity contribution in [2.45, 2.75) is 12.8 Å². The molecule has 0 heterocycles. The molecular weight excluding hydrogens is 241 g/mol. The first kappa shape index (κ1) is 13.0. The van der Waals surface area contributed by atoms with Gasteiger partial charge in [0.15, 0.2) is 0 Å². The topological polar surface area (TPSA) is 52.6 Å². The molecule has 0 saturated carbocycles. The molecule has 0 spiro atoms. The molecule has 1 unspecified atom stereocenters. The fraction of sp³-hybridized carbons (Fsp3) is 0.200. The van der Waals surface area contributed by atoms with Gasteiger partial charge in [0, 0.05) is 0 Å². The molecule has 0 aromatic heterocycles. The van der Waals surface area contributed by atoms with Gasteiger partial charge in [-0.2, -0.15) is 4.39 Å². The molecular formula is C10H7F3O4. The summed E-state index contributed by atoms with van der Waals surface area (Å²) in [6.45, 7) is 0. The van der Waals surface area contributed by atoms with Gasteiger partial charge >= 0.3 is 24.7 Å². The van der Waals surface area contributed by atoms with E-state index < -0.39 is 24.7 Å². The van der Waals surface area contributed by atoms with E-state index in [1.54, 1.807) is 6.07 Å². The Morgan fingerprint density at radius 3 is 2.12 bits per heavy atom. The molecule has 1 rings (SSSR count). The van der Waals surface area contributed by atoms with Gasteiger partial charge in [0.2, 0.25) is 0 Å². The van der Waals surface area contributed by atoms with Crippen molar-refractivity contribution < 1.29 is 32.2 Å². The fourth-order valence-electron chi connectivity index (χ4n) is 0.839. The van der Waals surface area contributed by atoms with Crippen LogP contribution in [0, 0.1) is 0 Å². The van der Waals surface area contributed by atoms with Crippen LogP contribution in [0.3, 0.4) is 0 Å². The molecule has 0 aliphatic rings. The molecule has 4 nitrogen and oxygen atoms in total. The number of halogens is 3. The Morgan fingerprint density at radius 1 is 1.00 bits per heavy atom. The highest BCUT2D eigenvalue weighted by Gasteiger charge is 2.28. The summed E-state index contributed by atoms with van der Waals surface area (Å²) in [5.41, 5.74) is 0. The van der Waals surface area contributed by atoms with Gasteiger partial charge in [-0.05, 0) is 12.1 Å². The lowest BCUT2D eigenvalue weighted by Gasteiger charge is -2.08. The van der Waals surface area contributed by atoms with E-state index in [4.69, 9.17) is 0 Å². The lowest BCUT2D eigenvalue weighted by molar-refractivity contribution is -0.183. The minimum Gasteiger partial charge on any atom is -0.418 e. The summed E-state index contributed by atoms with van der Waals surface area (Å²) in [5.74, 6) is -3.37. The van der Waals surface area contributed by atoms with Crippen LogP contribution in [0.25, 0.3) is 0 Å². The van der Waals surface area contributed by atoms with E-state index in [-0.39, 0.29) is 5.75 Å². The molecule has 0 saturated heterocycles. The third-order valence-corrected chi connectivity index (χ3v) is 1.54. The normalized spacial score (nSPS) is 12.0. The fourth-order valence-corrected chi connectivity index (χ4v) is 0.839. The van der Waals surface area contributed by atoms with Gasteiger partial charge in [0.05, 0.1) is 0 Å². The van der Waals surface area contributed by atoms with Gasteiger partial charge in [-0.3, -0.25) is 0 Å². The van der Waals surface area contributed by atoms with Crippen LogP contribution in [0.2, 0.25) is 0 Å². The van der Waals surface area contributed by atoms with Crippen molar-refractivity contribution in [2.24, 2.45) is 0 Å². The van der Waals surface area contributed by atoms with Crippen molar-refractivity contribution in [3.63, 3.8) is 0 Å². The van der Waals surface area contributed by atoms with E-state index in [2.05, 4.69) is 9.47 Å². The highest BCUT2D eigenvalue weighted by atomic mass is 19.3. The smallest absolute Gasteiger partial charge is 0.418 e. The second-order valence-electron chi connectivity index (χ2n) is 2.79. The molecule has 17 heavy (non-hydrogen) atoms. The van der Waals surface area contributed by atoms with Crippen LogP contribution in [0.1, 0.15) is 0 Å². The lowest BCUT2D eigenvalue weighted by atomic mass is 10.3. The van der Waals surface area contributed by atoms with Crippen LogP contribution >= 0.6 is 0 Å². The van der Waals surface area contributed by atoms with Crippen molar-refractivity contribution in [3.05, 3.63) is 30.3 Å². The maximum absolute atomic E-state index is 12.3. The number of hydrogen-bond acceptors (Lipinski definition) is 4. The zero-order chi connectivity index (χ0) is 12.8. The molecule has 1 aromatic rings. The second kappa shape index (κ2) is 5.88. The summed E-state index contributed by atoms with van der Waals surface area (Å²) in [5, 5.41) is 0. The predicted octanol–water partition coefficient (Wildman–Crippen LogP) is 1.70. The molecule has 1 atom stereocenters. The number of ether oxygens (including phenoxy) is 2. The monoisotopic (exact) mass is 248 g/mol.